The Bertz CT molecular complexity index is 1240. The molecule has 0 spiro atoms. The largest absolute Gasteiger partial charge is 0.451 e. The number of benzene rings is 2. The molecule has 33 heavy (non-hydrogen) atoms. The van der Waals surface area contributed by atoms with Gasteiger partial charge in [-0.15, -0.1) is 0 Å². The lowest BCUT2D eigenvalue weighted by atomic mass is 9.95. The maximum atomic E-state index is 13.4. The third-order valence-electron chi connectivity index (χ3n) is 5.21. The maximum absolute atomic E-state index is 13.4. The number of esters is 1. The fraction of sp³-hybridized carbons (Fsp3) is 0.227. The summed E-state index contributed by atoms with van der Waals surface area (Å²) in [6, 6.07) is 8.60. The Morgan fingerprint density at radius 2 is 1.85 bits per heavy atom. The van der Waals surface area contributed by atoms with E-state index in [0.717, 1.165) is 42.3 Å². The number of aromatic nitrogens is 2. The first kappa shape index (κ1) is 22.1. The lowest BCUT2D eigenvalue weighted by Gasteiger charge is -2.14. The molecule has 0 unspecified atom stereocenters. The predicted molar refractivity (Wildman–Crippen MR) is 112 cm³/mol. The fourth-order valence-corrected chi connectivity index (χ4v) is 3.69. The Kier molecular flexibility index (Phi) is 6.11. The number of hydrogen-bond donors (Lipinski definition) is 1. The molecule has 4 rings (SSSR count). The lowest BCUT2D eigenvalue weighted by Crippen LogP contribution is -2.22. The smallest absolute Gasteiger partial charge is 0.359 e. The average Bonchev–Trinajstić information content (AvgIpc) is 3.19. The van der Waals surface area contributed by atoms with Crippen LogP contribution in [-0.4, -0.2) is 33.2 Å². The quantitative estimate of drug-likeness (QED) is 0.343. The van der Waals surface area contributed by atoms with Crippen LogP contribution < -0.4 is 5.32 Å². The molecule has 3 aromatic rings. The van der Waals surface area contributed by atoms with E-state index in [1.165, 1.54) is 12.1 Å². The molecule has 1 amide bonds. The highest BCUT2D eigenvalue weighted by atomic mass is 19.1. The minimum Gasteiger partial charge on any atom is -0.451 e. The van der Waals surface area contributed by atoms with Gasteiger partial charge in [-0.25, -0.2) is 13.9 Å². The number of nitrogens with zero attached hydrogens (tertiary/aromatic N) is 3. The lowest BCUT2D eigenvalue weighted by molar-refractivity contribution is -0.387. The summed E-state index contributed by atoms with van der Waals surface area (Å²) in [6.45, 7) is -0.664. The number of nitro benzene ring substituents is 1. The van der Waals surface area contributed by atoms with E-state index >= 15 is 0 Å². The van der Waals surface area contributed by atoms with E-state index in [1.807, 2.05) is 0 Å². The highest BCUT2D eigenvalue weighted by Crippen LogP contribution is 2.27. The van der Waals surface area contributed by atoms with Crippen LogP contribution in [0.2, 0.25) is 0 Å². The van der Waals surface area contributed by atoms with E-state index in [4.69, 9.17) is 4.74 Å². The molecule has 0 bridgehead atoms. The van der Waals surface area contributed by atoms with Crippen molar-refractivity contribution in [1.29, 1.82) is 0 Å². The molecule has 1 heterocycles. The summed E-state index contributed by atoms with van der Waals surface area (Å²) < 4.78 is 33.4. The van der Waals surface area contributed by atoms with Crippen LogP contribution in [0, 0.1) is 21.7 Å². The highest BCUT2D eigenvalue weighted by molar-refractivity contribution is 5.95. The van der Waals surface area contributed by atoms with Crippen LogP contribution >= 0.6 is 0 Å². The zero-order chi connectivity index (χ0) is 23.5. The molecule has 2 aromatic carbocycles. The van der Waals surface area contributed by atoms with Gasteiger partial charge in [0.2, 0.25) is 5.82 Å². The molecule has 0 atom stereocenters. The summed E-state index contributed by atoms with van der Waals surface area (Å²) >= 11 is 0. The molecular formula is C22H18F2N4O5. The summed E-state index contributed by atoms with van der Waals surface area (Å²) in [5, 5.41) is 17.5. The van der Waals surface area contributed by atoms with Gasteiger partial charge in [0.05, 0.1) is 10.6 Å². The number of hydrogen-bond acceptors (Lipinski definition) is 6. The maximum Gasteiger partial charge on any atom is 0.359 e. The number of nitro groups is 1. The summed E-state index contributed by atoms with van der Waals surface area (Å²) in [4.78, 5) is 34.7. The second kappa shape index (κ2) is 9.15. The molecule has 1 aliphatic rings. The van der Waals surface area contributed by atoms with Crippen molar-refractivity contribution in [3.63, 3.8) is 0 Å². The van der Waals surface area contributed by atoms with Crippen molar-refractivity contribution in [2.45, 2.75) is 25.7 Å². The minimum atomic E-state index is -1.04. The van der Waals surface area contributed by atoms with Gasteiger partial charge in [0.15, 0.2) is 12.3 Å². The van der Waals surface area contributed by atoms with Gasteiger partial charge < -0.3 is 10.1 Å². The number of anilines is 1. The molecule has 1 N–H and O–H groups in total. The van der Waals surface area contributed by atoms with Crippen molar-refractivity contribution >= 4 is 23.3 Å². The highest BCUT2D eigenvalue weighted by Gasteiger charge is 2.27. The SMILES string of the molecule is O=C(COC(=O)c1nn(-c2ccc(F)cc2)c2c1CCCC2)Nc1ccc(F)c([N+](=O)[O-])c1. The van der Waals surface area contributed by atoms with Gasteiger partial charge in [-0.3, -0.25) is 14.9 Å². The van der Waals surface area contributed by atoms with Crippen molar-refractivity contribution in [3.8, 4) is 5.69 Å². The zero-order valence-corrected chi connectivity index (χ0v) is 17.2. The number of halogens is 2. The van der Waals surface area contributed by atoms with Gasteiger partial charge in [-0.2, -0.15) is 9.49 Å². The Labute approximate surface area is 186 Å². The average molecular weight is 456 g/mol. The molecular weight excluding hydrogens is 438 g/mol. The molecule has 0 fully saturated rings. The molecule has 170 valence electrons. The number of rotatable bonds is 6. The van der Waals surface area contributed by atoms with Crippen LogP contribution in [-0.2, 0) is 22.4 Å². The number of ether oxygens (including phenoxy) is 1. The molecule has 9 nitrogen and oxygen atoms in total. The first-order valence-electron chi connectivity index (χ1n) is 10.1. The van der Waals surface area contributed by atoms with E-state index in [1.54, 1.807) is 16.8 Å². The number of fused-ring (bicyclic) bond motifs is 1. The zero-order valence-electron chi connectivity index (χ0n) is 17.2. The molecule has 0 radical (unpaired) electrons. The standard InChI is InChI=1S/C22H18F2N4O5/c23-13-5-8-15(9-6-13)27-18-4-2-1-3-16(18)21(26-27)22(30)33-12-20(29)25-14-7-10-17(24)19(11-14)28(31)32/h5-11H,1-4,12H2,(H,25,29). The van der Waals surface area contributed by atoms with E-state index in [9.17, 15) is 28.5 Å². The normalized spacial score (nSPS) is 12.7. The molecule has 0 aliphatic heterocycles. The van der Waals surface area contributed by atoms with E-state index in [-0.39, 0.29) is 11.4 Å². The monoisotopic (exact) mass is 456 g/mol. The van der Waals surface area contributed by atoms with Gasteiger partial charge in [0.25, 0.3) is 5.91 Å². The topological polar surface area (TPSA) is 116 Å². The van der Waals surface area contributed by atoms with E-state index < -0.39 is 40.7 Å². The van der Waals surface area contributed by atoms with Crippen molar-refractivity contribution in [3.05, 3.63) is 81.2 Å². The fourth-order valence-electron chi connectivity index (χ4n) is 3.69. The third-order valence-corrected chi connectivity index (χ3v) is 5.21. The van der Waals surface area contributed by atoms with Crippen molar-refractivity contribution in [2.75, 3.05) is 11.9 Å². The molecule has 1 aromatic heterocycles. The molecule has 0 saturated carbocycles. The number of carbonyl (C=O) groups is 2. The Hall–Kier alpha value is -4.15. The van der Waals surface area contributed by atoms with Crippen LogP contribution in [0.5, 0.6) is 0 Å². The van der Waals surface area contributed by atoms with Crippen molar-refractivity contribution in [1.82, 2.24) is 9.78 Å². The summed E-state index contributed by atoms with van der Waals surface area (Å²) in [7, 11) is 0. The third kappa shape index (κ3) is 4.71. The number of amides is 1. The minimum absolute atomic E-state index is 0.0119. The second-order valence-electron chi connectivity index (χ2n) is 7.42. The van der Waals surface area contributed by atoms with Crippen LogP contribution in [0.15, 0.2) is 42.5 Å². The van der Waals surface area contributed by atoms with E-state index in [0.29, 0.717) is 18.5 Å². The first-order chi connectivity index (χ1) is 15.8. The number of nitrogens with one attached hydrogen (secondary N) is 1. The molecule has 1 aliphatic carbocycles. The molecule has 0 saturated heterocycles. The van der Waals surface area contributed by atoms with Gasteiger partial charge >= 0.3 is 11.7 Å². The van der Waals surface area contributed by atoms with Crippen molar-refractivity contribution in [2.24, 2.45) is 0 Å². The summed E-state index contributed by atoms with van der Waals surface area (Å²) in [5.74, 6) is -2.98. The number of carbonyl (C=O) groups excluding carboxylic acids is 2. The van der Waals surface area contributed by atoms with Crippen LogP contribution in [0.4, 0.5) is 20.2 Å². The predicted octanol–water partition coefficient (Wildman–Crippen LogP) is 3.73. The Morgan fingerprint density at radius 3 is 2.58 bits per heavy atom. The van der Waals surface area contributed by atoms with Crippen LogP contribution in [0.1, 0.15) is 34.6 Å². The molecule has 11 heteroatoms. The second-order valence-corrected chi connectivity index (χ2v) is 7.42. The summed E-state index contributed by atoms with van der Waals surface area (Å²) in [6.07, 6.45) is 3.09. The Morgan fingerprint density at radius 1 is 1.12 bits per heavy atom. The summed E-state index contributed by atoms with van der Waals surface area (Å²) in [5.41, 5.74) is 1.45. The van der Waals surface area contributed by atoms with Crippen LogP contribution in [0.25, 0.3) is 5.69 Å². The van der Waals surface area contributed by atoms with E-state index in [2.05, 4.69) is 10.4 Å². The van der Waals surface area contributed by atoms with Gasteiger partial charge in [-0.1, -0.05) is 0 Å². The van der Waals surface area contributed by atoms with Crippen molar-refractivity contribution < 1.29 is 28.0 Å². The van der Waals surface area contributed by atoms with Gasteiger partial charge in [0, 0.05) is 23.0 Å². The van der Waals surface area contributed by atoms with Crippen LogP contribution in [0.3, 0.4) is 0 Å². The van der Waals surface area contributed by atoms with Gasteiger partial charge in [0.1, 0.15) is 5.82 Å². The van der Waals surface area contributed by atoms with Gasteiger partial charge in [-0.05, 0) is 62.1 Å². The first-order valence-corrected chi connectivity index (χ1v) is 10.1. The Balaban J connectivity index is 1.47.